The van der Waals surface area contributed by atoms with Gasteiger partial charge in [-0.15, -0.1) is 0 Å². The molecule has 3 rings (SSSR count). The number of ether oxygens (including phenoxy) is 1. The van der Waals surface area contributed by atoms with Crippen molar-refractivity contribution in [1.29, 1.82) is 0 Å². The molecule has 0 aliphatic heterocycles. The van der Waals surface area contributed by atoms with Crippen molar-refractivity contribution in [2.45, 2.75) is 25.9 Å². The van der Waals surface area contributed by atoms with Crippen LogP contribution < -0.4 is 5.73 Å². The number of carbonyl (C=O) groups is 3. The molecule has 0 saturated heterocycles. The van der Waals surface area contributed by atoms with Crippen LogP contribution in [0.4, 0.5) is 0 Å². The number of aliphatic carboxylic acids is 2. The molecule has 28 heavy (non-hydrogen) atoms. The number of nitrogens with two attached hydrogens (primary N) is 1. The molecule has 2 aromatic rings. The zero-order chi connectivity index (χ0) is 20.8. The van der Waals surface area contributed by atoms with Gasteiger partial charge in [-0.2, -0.15) is 0 Å². The van der Waals surface area contributed by atoms with Gasteiger partial charge in [-0.25, -0.2) is 14.4 Å². The van der Waals surface area contributed by atoms with E-state index in [1.54, 1.807) is 0 Å². The van der Waals surface area contributed by atoms with Gasteiger partial charge in [-0.1, -0.05) is 6.07 Å². The first kappa shape index (κ1) is 20.9. The fourth-order valence-corrected chi connectivity index (χ4v) is 2.99. The number of esters is 1. The number of hydrogen-bond acceptors (Lipinski definition) is 5. The number of benzene rings is 1. The molecule has 1 aliphatic rings. The Hall–Kier alpha value is -3.39. The maximum absolute atomic E-state index is 11.7. The summed E-state index contributed by atoms with van der Waals surface area (Å²) in [5.74, 6) is -2.81. The number of carboxylic acids is 2. The van der Waals surface area contributed by atoms with Crippen LogP contribution in [0.2, 0.25) is 0 Å². The second kappa shape index (κ2) is 9.01. The Morgan fingerprint density at radius 2 is 1.82 bits per heavy atom. The summed E-state index contributed by atoms with van der Waals surface area (Å²) in [7, 11) is 1.40. The molecule has 8 nitrogen and oxygen atoms in total. The lowest BCUT2D eigenvalue weighted by molar-refractivity contribution is -0.134. The van der Waals surface area contributed by atoms with Crippen molar-refractivity contribution >= 4 is 17.9 Å². The molecular weight excluding hydrogens is 364 g/mol. The lowest BCUT2D eigenvalue weighted by Crippen LogP contribution is -2.22. The van der Waals surface area contributed by atoms with Crippen LogP contribution >= 0.6 is 0 Å². The average molecular weight is 386 g/mol. The van der Waals surface area contributed by atoms with Gasteiger partial charge < -0.3 is 25.3 Å². The second-order valence-corrected chi connectivity index (χ2v) is 6.37. The molecular formula is C20H22N2O6. The van der Waals surface area contributed by atoms with Crippen molar-refractivity contribution in [3.05, 3.63) is 59.3 Å². The summed E-state index contributed by atoms with van der Waals surface area (Å²) in [6.45, 7) is 2.77. The van der Waals surface area contributed by atoms with Gasteiger partial charge in [0.25, 0.3) is 0 Å². The molecule has 1 aliphatic carbocycles. The minimum absolute atomic E-state index is 0.0966. The first-order chi connectivity index (χ1) is 13.2. The number of nitrogens with zero attached hydrogens (tertiary/aromatic N) is 1. The quantitative estimate of drug-likeness (QED) is 0.451. The van der Waals surface area contributed by atoms with Gasteiger partial charge in [0, 0.05) is 42.9 Å². The first-order valence-corrected chi connectivity index (χ1v) is 8.52. The van der Waals surface area contributed by atoms with Crippen molar-refractivity contribution in [2.75, 3.05) is 7.11 Å². The molecule has 0 fully saturated rings. The van der Waals surface area contributed by atoms with Crippen LogP contribution in [-0.4, -0.2) is 45.8 Å². The van der Waals surface area contributed by atoms with E-state index in [0.29, 0.717) is 17.7 Å². The van der Waals surface area contributed by atoms with E-state index in [4.69, 9.17) is 20.7 Å². The van der Waals surface area contributed by atoms with Gasteiger partial charge in [0.2, 0.25) is 0 Å². The molecule has 4 N–H and O–H groups in total. The van der Waals surface area contributed by atoms with Gasteiger partial charge in [-0.3, -0.25) is 0 Å². The highest BCUT2D eigenvalue weighted by Crippen LogP contribution is 2.38. The summed E-state index contributed by atoms with van der Waals surface area (Å²) in [4.78, 5) is 30.8. The number of carbonyl (C=O) groups excluding carboxylic acids is 1. The van der Waals surface area contributed by atoms with E-state index < -0.39 is 11.9 Å². The molecule has 0 radical (unpaired) electrons. The molecule has 1 aromatic heterocycles. The minimum Gasteiger partial charge on any atom is -0.478 e. The van der Waals surface area contributed by atoms with Gasteiger partial charge in [-0.05, 0) is 36.2 Å². The Balaban J connectivity index is 0.000000300. The van der Waals surface area contributed by atoms with Crippen molar-refractivity contribution in [1.82, 2.24) is 4.57 Å². The summed E-state index contributed by atoms with van der Waals surface area (Å²) in [6.07, 6.45) is 4.10. The van der Waals surface area contributed by atoms with Gasteiger partial charge >= 0.3 is 17.9 Å². The zero-order valence-corrected chi connectivity index (χ0v) is 15.6. The number of methoxy groups -OCH3 is 1. The topological polar surface area (TPSA) is 132 Å². The molecule has 8 heteroatoms. The highest BCUT2D eigenvalue weighted by molar-refractivity contribution is 5.92. The highest BCUT2D eigenvalue weighted by atomic mass is 16.5. The first-order valence-electron chi connectivity index (χ1n) is 8.52. The van der Waals surface area contributed by atoms with E-state index >= 15 is 0 Å². The van der Waals surface area contributed by atoms with Crippen molar-refractivity contribution in [3.63, 3.8) is 0 Å². The van der Waals surface area contributed by atoms with E-state index in [0.717, 1.165) is 18.5 Å². The molecule has 0 spiro atoms. The van der Waals surface area contributed by atoms with Crippen molar-refractivity contribution in [3.8, 4) is 11.3 Å². The van der Waals surface area contributed by atoms with Crippen LogP contribution in [0.25, 0.3) is 11.3 Å². The Morgan fingerprint density at radius 3 is 2.36 bits per heavy atom. The number of aromatic nitrogens is 1. The van der Waals surface area contributed by atoms with E-state index in [-0.39, 0.29) is 12.0 Å². The van der Waals surface area contributed by atoms with Crippen LogP contribution in [0.5, 0.6) is 0 Å². The monoisotopic (exact) mass is 386 g/mol. The fourth-order valence-electron chi connectivity index (χ4n) is 2.99. The molecule has 148 valence electrons. The summed E-state index contributed by atoms with van der Waals surface area (Å²) in [5.41, 5.74) is 11.3. The minimum atomic E-state index is -1.26. The summed E-state index contributed by atoms with van der Waals surface area (Å²) in [6, 6.07) is 7.99. The van der Waals surface area contributed by atoms with Gasteiger partial charge in [0.15, 0.2) is 0 Å². The SMILES string of the molecule is COC(=O)c1ccc2c(c1)-c1c(ccn1CC(C)N)C2.O=C(O)/C=C/C(=O)O. The molecule has 1 heterocycles. The number of fused-ring (bicyclic) bond motifs is 3. The molecule has 1 atom stereocenters. The smallest absolute Gasteiger partial charge is 0.337 e. The lowest BCUT2D eigenvalue weighted by atomic mass is 10.1. The van der Waals surface area contributed by atoms with E-state index in [9.17, 15) is 14.4 Å². The van der Waals surface area contributed by atoms with Crippen LogP contribution in [0.3, 0.4) is 0 Å². The predicted octanol–water partition coefficient (Wildman–Crippen LogP) is 1.90. The molecule has 0 amide bonds. The number of hydrogen-bond donors (Lipinski definition) is 3. The third-order valence-corrected chi connectivity index (χ3v) is 4.07. The normalized spacial score (nSPS) is 12.5. The number of carboxylic acid groups (broad SMARTS) is 2. The third kappa shape index (κ3) is 5.08. The molecule has 0 bridgehead atoms. The molecule has 0 saturated carbocycles. The second-order valence-electron chi connectivity index (χ2n) is 6.37. The maximum Gasteiger partial charge on any atom is 0.337 e. The highest BCUT2D eigenvalue weighted by Gasteiger charge is 2.23. The predicted molar refractivity (Wildman–Crippen MR) is 102 cm³/mol. The van der Waals surface area contributed by atoms with Crippen LogP contribution in [0, 0.1) is 0 Å². The average Bonchev–Trinajstić information content (AvgIpc) is 3.18. The standard InChI is InChI=1S/C16H18N2O2.C4H4O4/c1-10(17)9-18-6-5-12-7-11-3-4-13(16(19)20-2)8-14(11)15(12)18;5-3(6)1-2-4(7)8/h3-6,8,10H,7,9,17H2,1-2H3;1-2H,(H,5,6)(H,7,8)/b;2-1+. The van der Waals surface area contributed by atoms with Gasteiger partial charge in [0.1, 0.15) is 0 Å². The van der Waals surface area contributed by atoms with Crippen LogP contribution in [-0.2, 0) is 27.3 Å². The van der Waals surface area contributed by atoms with Gasteiger partial charge in [0.05, 0.1) is 18.4 Å². The van der Waals surface area contributed by atoms with Crippen LogP contribution in [0.1, 0.15) is 28.4 Å². The van der Waals surface area contributed by atoms with Crippen molar-refractivity contribution in [2.24, 2.45) is 5.73 Å². The zero-order valence-electron chi connectivity index (χ0n) is 15.6. The Kier molecular flexibility index (Phi) is 6.73. The molecule has 1 aromatic carbocycles. The van der Waals surface area contributed by atoms with E-state index in [2.05, 4.69) is 16.8 Å². The third-order valence-electron chi connectivity index (χ3n) is 4.07. The Bertz CT molecular complexity index is 911. The Labute approximate surface area is 161 Å². The summed E-state index contributed by atoms with van der Waals surface area (Å²) >= 11 is 0. The fraction of sp³-hybridized carbons (Fsp3) is 0.250. The maximum atomic E-state index is 11.7. The molecule has 1 unspecified atom stereocenters. The van der Waals surface area contributed by atoms with Crippen LogP contribution in [0.15, 0.2) is 42.6 Å². The van der Waals surface area contributed by atoms with Crippen molar-refractivity contribution < 1.29 is 29.3 Å². The van der Waals surface area contributed by atoms with E-state index in [1.807, 2.05) is 25.1 Å². The summed E-state index contributed by atoms with van der Waals surface area (Å²) < 4.78 is 6.97. The van der Waals surface area contributed by atoms with E-state index in [1.165, 1.54) is 23.9 Å². The summed E-state index contributed by atoms with van der Waals surface area (Å²) in [5, 5.41) is 15.6. The largest absolute Gasteiger partial charge is 0.478 e. The number of rotatable bonds is 5. The lowest BCUT2D eigenvalue weighted by Gasteiger charge is -2.12. The Morgan fingerprint density at radius 1 is 1.18 bits per heavy atom.